The lowest BCUT2D eigenvalue weighted by Gasteiger charge is -2.61. The van der Waals surface area contributed by atoms with Crippen LogP contribution in [0.3, 0.4) is 0 Å². The molecule has 2 aromatic rings. The molecule has 49 heavy (non-hydrogen) atoms. The van der Waals surface area contributed by atoms with Gasteiger partial charge in [-0.2, -0.15) is 16.8 Å². The van der Waals surface area contributed by atoms with Crippen molar-refractivity contribution in [2.45, 2.75) is 121 Å². The molecule has 0 spiro atoms. The van der Waals surface area contributed by atoms with Gasteiger partial charge in [0.15, 0.2) is 0 Å². The molecule has 8 heteroatoms. The third kappa shape index (κ3) is 7.36. The Kier molecular flexibility index (Phi) is 10.4. The van der Waals surface area contributed by atoms with Gasteiger partial charge in [-0.15, -0.1) is 0 Å². The maximum absolute atomic E-state index is 11.7. The molecular formula is C41H58O6S2. The quantitative estimate of drug-likeness (QED) is 0.238. The van der Waals surface area contributed by atoms with Crippen molar-refractivity contribution in [3.8, 4) is 0 Å². The topological polar surface area (TPSA) is 109 Å². The molecule has 6 nitrogen and oxygen atoms in total. The third-order valence-corrected chi connectivity index (χ3v) is 16.0. The molecule has 0 aliphatic heterocycles. The van der Waals surface area contributed by atoms with Gasteiger partial charge in [-0.3, -0.25) is 9.11 Å². The zero-order valence-corrected chi connectivity index (χ0v) is 31.8. The van der Waals surface area contributed by atoms with Crippen LogP contribution >= 0.6 is 0 Å². The minimum Gasteiger partial charge on any atom is -0.282 e. The van der Waals surface area contributed by atoms with Crippen molar-refractivity contribution in [2.24, 2.45) is 58.2 Å². The fourth-order valence-electron chi connectivity index (χ4n) is 11.7. The van der Waals surface area contributed by atoms with Gasteiger partial charge < -0.3 is 0 Å². The molecule has 0 bridgehead atoms. The molecule has 0 radical (unpaired) electrons. The predicted molar refractivity (Wildman–Crippen MR) is 196 cm³/mol. The van der Waals surface area contributed by atoms with Crippen molar-refractivity contribution in [3.05, 3.63) is 65.7 Å². The fourth-order valence-corrected chi connectivity index (χ4v) is 12.6. The SMILES string of the molecule is CC(C)CCCC(C)[C@H]1CC[C@H]2[C@@H]3CCC4CC(C=C(c5ccc(S(=O)(=O)O)cc5)c5ccc(S(=O)(=O)O)cc5)CC[C@]4(C)[C@H]3CC[C@]12C. The van der Waals surface area contributed by atoms with Crippen molar-refractivity contribution < 1.29 is 25.9 Å². The van der Waals surface area contributed by atoms with E-state index in [1.54, 1.807) is 24.3 Å². The van der Waals surface area contributed by atoms with Gasteiger partial charge >= 0.3 is 0 Å². The van der Waals surface area contributed by atoms with Crippen LogP contribution in [-0.2, 0) is 20.2 Å². The van der Waals surface area contributed by atoms with Crippen LogP contribution in [0.4, 0.5) is 0 Å². The highest BCUT2D eigenvalue weighted by molar-refractivity contribution is 7.86. The van der Waals surface area contributed by atoms with Gasteiger partial charge in [-0.1, -0.05) is 84.2 Å². The van der Waals surface area contributed by atoms with Gasteiger partial charge in [0.05, 0.1) is 9.79 Å². The van der Waals surface area contributed by atoms with Crippen molar-refractivity contribution >= 4 is 25.8 Å². The molecule has 4 aliphatic carbocycles. The highest BCUT2D eigenvalue weighted by Crippen LogP contribution is 2.68. The molecule has 0 saturated heterocycles. The average Bonchev–Trinajstić information content (AvgIpc) is 3.40. The summed E-state index contributed by atoms with van der Waals surface area (Å²) < 4.78 is 66.1. The maximum atomic E-state index is 11.7. The van der Waals surface area contributed by atoms with E-state index >= 15 is 0 Å². The summed E-state index contributed by atoms with van der Waals surface area (Å²) in [4.78, 5) is -0.333. The summed E-state index contributed by atoms with van der Waals surface area (Å²) in [6, 6.07) is 12.4. The first-order valence-electron chi connectivity index (χ1n) is 18.9. The van der Waals surface area contributed by atoms with Crippen LogP contribution in [0.5, 0.6) is 0 Å². The maximum Gasteiger partial charge on any atom is 0.294 e. The smallest absolute Gasteiger partial charge is 0.282 e. The van der Waals surface area contributed by atoms with E-state index in [4.69, 9.17) is 0 Å². The monoisotopic (exact) mass is 710 g/mol. The number of fused-ring (bicyclic) bond motifs is 5. The lowest BCUT2D eigenvalue weighted by atomic mass is 9.44. The first kappa shape index (κ1) is 36.8. The van der Waals surface area contributed by atoms with Crippen molar-refractivity contribution in [1.82, 2.24) is 0 Å². The second-order valence-corrected chi connectivity index (χ2v) is 20.1. The van der Waals surface area contributed by atoms with Crippen LogP contribution in [0.25, 0.3) is 5.57 Å². The molecule has 6 rings (SSSR count). The van der Waals surface area contributed by atoms with E-state index in [9.17, 15) is 25.9 Å². The highest BCUT2D eigenvalue weighted by Gasteiger charge is 2.60. The summed E-state index contributed by atoms with van der Waals surface area (Å²) in [5, 5.41) is 0. The molecule has 0 heterocycles. The number of hydrogen-bond acceptors (Lipinski definition) is 4. The molecule has 4 fully saturated rings. The Morgan fingerprint density at radius 3 is 1.84 bits per heavy atom. The van der Waals surface area contributed by atoms with Gasteiger partial charge in [-0.05, 0) is 157 Å². The summed E-state index contributed by atoms with van der Waals surface area (Å²) in [6.45, 7) is 12.5. The average molecular weight is 711 g/mol. The zero-order valence-electron chi connectivity index (χ0n) is 30.1. The fraction of sp³-hybridized carbons (Fsp3) is 0.659. The van der Waals surface area contributed by atoms with Crippen molar-refractivity contribution in [3.63, 3.8) is 0 Å². The lowest BCUT2D eigenvalue weighted by Crippen LogP contribution is -2.53. The van der Waals surface area contributed by atoms with Crippen molar-refractivity contribution in [1.29, 1.82) is 0 Å². The van der Waals surface area contributed by atoms with Gasteiger partial charge in [-0.25, -0.2) is 0 Å². The van der Waals surface area contributed by atoms with E-state index in [0.717, 1.165) is 65.0 Å². The second kappa shape index (κ2) is 13.9. The largest absolute Gasteiger partial charge is 0.294 e. The van der Waals surface area contributed by atoms with Crippen LogP contribution in [0, 0.1) is 58.2 Å². The Bertz CT molecular complexity index is 1650. The van der Waals surface area contributed by atoms with Crippen LogP contribution in [0.2, 0.25) is 0 Å². The molecular weight excluding hydrogens is 653 g/mol. The van der Waals surface area contributed by atoms with Gasteiger partial charge in [0.25, 0.3) is 20.2 Å². The zero-order chi connectivity index (χ0) is 35.4. The lowest BCUT2D eigenvalue weighted by molar-refractivity contribution is -0.118. The first-order chi connectivity index (χ1) is 23.0. The third-order valence-electron chi connectivity index (χ3n) is 14.2. The van der Waals surface area contributed by atoms with Gasteiger partial charge in [0, 0.05) is 0 Å². The number of rotatable bonds is 10. The van der Waals surface area contributed by atoms with E-state index in [1.807, 2.05) is 0 Å². The Morgan fingerprint density at radius 1 is 0.735 bits per heavy atom. The standard InChI is InChI=1S/C41H58O6S2/c1-27(2)7-6-8-28(3)37-19-20-38-35-18-13-32-25-29(21-23-40(32,4)39(35)22-24-41(37,38)5)26-36(30-9-14-33(15-10-30)48(42,43)44)31-11-16-34(17-12-31)49(45,46)47/h9-12,14-17,26-29,32,35,37-39H,6-8,13,18-25H2,1-5H3,(H,42,43,44)(H,45,46,47)/t28?,29?,32?,35-,37+,38-,39-,40-,41+/m0/s1. The van der Waals surface area contributed by atoms with Crippen molar-refractivity contribution in [2.75, 3.05) is 0 Å². The number of benzene rings is 2. The van der Waals surface area contributed by atoms with E-state index in [2.05, 4.69) is 40.7 Å². The molecule has 0 aromatic heterocycles. The van der Waals surface area contributed by atoms with Crippen LogP contribution < -0.4 is 0 Å². The van der Waals surface area contributed by atoms with E-state index in [0.29, 0.717) is 22.7 Å². The molecule has 2 aromatic carbocycles. The van der Waals surface area contributed by atoms with Gasteiger partial charge in [0.1, 0.15) is 0 Å². The molecule has 9 atom stereocenters. The Labute approximate surface area is 296 Å². The summed E-state index contributed by atoms with van der Waals surface area (Å²) >= 11 is 0. The minimum absolute atomic E-state index is 0.166. The van der Waals surface area contributed by atoms with Crippen LogP contribution in [0.15, 0.2) is 64.4 Å². The summed E-state index contributed by atoms with van der Waals surface area (Å²) in [5.41, 5.74) is 3.34. The van der Waals surface area contributed by atoms with E-state index in [1.165, 1.54) is 88.5 Å². The number of hydrogen-bond donors (Lipinski definition) is 2. The molecule has 0 amide bonds. The summed E-state index contributed by atoms with van der Waals surface area (Å²) in [7, 11) is -8.65. The molecule has 4 saturated carbocycles. The van der Waals surface area contributed by atoms with Crippen LogP contribution in [-0.4, -0.2) is 25.9 Å². The number of allylic oxidation sites excluding steroid dienone is 1. The van der Waals surface area contributed by atoms with E-state index < -0.39 is 20.2 Å². The van der Waals surface area contributed by atoms with Gasteiger partial charge in [0.2, 0.25) is 0 Å². The van der Waals surface area contributed by atoms with Crippen LogP contribution in [0.1, 0.15) is 123 Å². The Hall–Kier alpha value is -2.00. The summed E-state index contributed by atoms with van der Waals surface area (Å²) in [5.74, 6) is 5.98. The van der Waals surface area contributed by atoms with E-state index in [-0.39, 0.29) is 9.79 Å². The predicted octanol–water partition coefficient (Wildman–Crippen LogP) is 10.3. The Morgan fingerprint density at radius 2 is 1.29 bits per heavy atom. The highest BCUT2D eigenvalue weighted by atomic mass is 32.2. The second-order valence-electron chi connectivity index (χ2n) is 17.3. The molecule has 270 valence electrons. The first-order valence-corrected chi connectivity index (χ1v) is 21.8. The minimum atomic E-state index is -4.33. The molecule has 3 unspecified atom stereocenters. The Balaban J connectivity index is 1.21. The summed E-state index contributed by atoms with van der Waals surface area (Å²) in [6.07, 6.45) is 18.0. The normalized spacial score (nSPS) is 33.7. The molecule has 2 N–H and O–H groups in total. The molecule has 4 aliphatic rings.